The Morgan fingerprint density at radius 2 is 1.95 bits per heavy atom. The number of carboxylic acid groups (broad SMARTS) is 1. The monoisotopic (exact) mass is 307 g/mol. The molecule has 0 aromatic heterocycles. The minimum atomic E-state index is -0.873. The van der Waals surface area contributed by atoms with E-state index in [-0.39, 0.29) is 18.4 Å². The lowest BCUT2D eigenvalue weighted by Crippen LogP contribution is -2.38. The van der Waals surface area contributed by atoms with Crippen LogP contribution >= 0.6 is 0 Å². The van der Waals surface area contributed by atoms with Gasteiger partial charge in [-0.15, -0.1) is 0 Å². The molecule has 2 N–H and O–H groups in total. The van der Waals surface area contributed by atoms with Crippen molar-refractivity contribution >= 4 is 11.9 Å². The molecule has 0 aliphatic carbocycles. The maximum Gasteiger partial charge on any atom is 0.308 e. The van der Waals surface area contributed by atoms with Gasteiger partial charge in [-0.3, -0.25) is 9.59 Å². The molecule has 0 spiro atoms. The number of ether oxygens (including phenoxy) is 2. The van der Waals surface area contributed by atoms with Crippen molar-refractivity contribution in [2.45, 2.75) is 12.8 Å². The second-order valence-electron chi connectivity index (χ2n) is 5.33. The lowest BCUT2D eigenvalue weighted by atomic mass is 9.86. The van der Waals surface area contributed by atoms with Gasteiger partial charge >= 0.3 is 5.97 Å². The lowest BCUT2D eigenvalue weighted by Gasteiger charge is -2.27. The van der Waals surface area contributed by atoms with E-state index in [1.54, 1.807) is 31.4 Å². The van der Waals surface area contributed by atoms with Crippen molar-refractivity contribution in [3.63, 3.8) is 0 Å². The molecule has 6 nitrogen and oxygen atoms in total. The predicted octanol–water partition coefficient (Wildman–Crippen LogP) is 1.55. The minimum absolute atomic E-state index is 0.0439. The van der Waals surface area contributed by atoms with Crippen LogP contribution in [-0.4, -0.2) is 43.9 Å². The van der Waals surface area contributed by atoms with Gasteiger partial charge in [-0.2, -0.15) is 0 Å². The predicted molar refractivity (Wildman–Crippen MR) is 80.0 cm³/mol. The first-order valence-electron chi connectivity index (χ1n) is 7.34. The van der Waals surface area contributed by atoms with Crippen LogP contribution in [0, 0.1) is 11.8 Å². The summed E-state index contributed by atoms with van der Waals surface area (Å²) in [5, 5.41) is 12.1. The van der Waals surface area contributed by atoms with Crippen molar-refractivity contribution in [1.29, 1.82) is 0 Å². The number of amides is 1. The lowest BCUT2D eigenvalue weighted by molar-refractivity contribution is -0.144. The summed E-state index contributed by atoms with van der Waals surface area (Å²) in [5.74, 6) is -1.02. The van der Waals surface area contributed by atoms with Gasteiger partial charge in [0.1, 0.15) is 5.75 Å². The van der Waals surface area contributed by atoms with Crippen LogP contribution in [0.1, 0.15) is 23.2 Å². The number of rotatable bonds is 6. The van der Waals surface area contributed by atoms with Crippen LogP contribution in [0.2, 0.25) is 0 Å². The molecule has 1 aliphatic heterocycles. The van der Waals surface area contributed by atoms with Gasteiger partial charge in [-0.1, -0.05) is 0 Å². The van der Waals surface area contributed by atoms with E-state index in [0.29, 0.717) is 24.5 Å². The number of carbonyl (C=O) groups is 2. The second kappa shape index (κ2) is 7.79. The molecule has 0 radical (unpaired) electrons. The summed E-state index contributed by atoms with van der Waals surface area (Å²) in [6.07, 6.45) is 1.44. The van der Waals surface area contributed by atoms with Crippen LogP contribution in [0.3, 0.4) is 0 Å². The Labute approximate surface area is 129 Å². The highest BCUT2D eigenvalue weighted by molar-refractivity contribution is 5.94. The van der Waals surface area contributed by atoms with Crippen LogP contribution in [-0.2, 0) is 9.53 Å². The molecule has 1 atom stereocenters. The summed E-state index contributed by atoms with van der Waals surface area (Å²) in [7, 11) is 1.56. The van der Waals surface area contributed by atoms with E-state index < -0.39 is 11.9 Å². The van der Waals surface area contributed by atoms with E-state index in [1.807, 2.05) is 0 Å². The maximum absolute atomic E-state index is 12.1. The van der Waals surface area contributed by atoms with E-state index in [1.165, 1.54) is 0 Å². The zero-order chi connectivity index (χ0) is 15.9. The summed E-state index contributed by atoms with van der Waals surface area (Å²) < 4.78 is 10.3. The highest BCUT2D eigenvalue weighted by atomic mass is 16.5. The Hall–Kier alpha value is -2.08. The molecule has 1 unspecified atom stereocenters. The number of aliphatic carboxylic acids is 1. The Morgan fingerprint density at radius 1 is 1.32 bits per heavy atom. The van der Waals surface area contributed by atoms with Gasteiger partial charge in [0, 0.05) is 25.3 Å². The van der Waals surface area contributed by atoms with Crippen molar-refractivity contribution in [3.05, 3.63) is 29.8 Å². The molecule has 22 heavy (non-hydrogen) atoms. The Bertz CT molecular complexity index is 508. The molecule has 1 aromatic rings. The SMILES string of the molecule is COc1ccc(C(=O)NCC(C(=O)O)C2CCOCC2)cc1. The molecule has 0 bridgehead atoms. The number of methoxy groups -OCH3 is 1. The molecular formula is C16H21NO5. The molecular weight excluding hydrogens is 286 g/mol. The standard InChI is InChI=1S/C16H21NO5/c1-21-13-4-2-12(3-5-13)15(18)17-10-14(16(19)20)11-6-8-22-9-7-11/h2-5,11,14H,6-10H2,1H3,(H,17,18)(H,19,20). The zero-order valence-corrected chi connectivity index (χ0v) is 12.6. The molecule has 6 heteroatoms. The summed E-state index contributed by atoms with van der Waals surface area (Å²) in [5.41, 5.74) is 0.483. The highest BCUT2D eigenvalue weighted by Crippen LogP contribution is 2.24. The van der Waals surface area contributed by atoms with Crippen LogP contribution in [0.4, 0.5) is 0 Å². The van der Waals surface area contributed by atoms with Gasteiger partial charge < -0.3 is 19.9 Å². The Morgan fingerprint density at radius 3 is 2.50 bits per heavy atom. The van der Waals surface area contributed by atoms with E-state index in [0.717, 1.165) is 12.8 Å². The summed E-state index contributed by atoms with van der Waals surface area (Å²) in [4.78, 5) is 23.5. The molecule has 0 saturated carbocycles. The van der Waals surface area contributed by atoms with Crippen molar-refractivity contribution in [1.82, 2.24) is 5.32 Å². The summed E-state index contributed by atoms with van der Waals surface area (Å²) in [6, 6.07) is 6.70. The first kappa shape index (κ1) is 16.3. The van der Waals surface area contributed by atoms with Crippen LogP contribution < -0.4 is 10.1 Å². The molecule has 1 amide bonds. The van der Waals surface area contributed by atoms with Crippen molar-refractivity contribution in [2.75, 3.05) is 26.9 Å². The van der Waals surface area contributed by atoms with Gasteiger partial charge in [0.05, 0.1) is 13.0 Å². The Kier molecular flexibility index (Phi) is 5.77. The fourth-order valence-electron chi connectivity index (χ4n) is 2.62. The van der Waals surface area contributed by atoms with Gasteiger partial charge in [-0.25, -0.2) is 0 Å². The van der Waals surface area contributed by atoms with Crippen molar-refractivity contribution in [3.8, 4) is 5.75 Å². The molecule has 2 rings (SSSR count). The first-order valence-corrected chi connectivity index (χ1v) is 7.34. The van der Waals surface area contributed by atoms with E-state index in [4.69, 9.17) is 9.47 Å². The molecule has 120 valence electrons. The second-order valence-corrected chi connectivity index (χ2v) is 5.33. The van der Waals surface area contributed by atoms with Crippen LogP contribution in [0.15, 0.2) is 24.3 Å². The van der Waals surface area contributed by atoms with Gasteiger partial charge in [-0.05, 0) is 43.0 Å². The quantitative estimate of drug-likeness (QED) is 0.833. The van der Waals surface area contributed by atoms with E-state index >= 15 is 0 Å². The van der Waals surface area contributed by atoms with Gasteiger partial charge in [0.25, 0.3) is 5.91 Å². The molecule has 1 aromatic carbocycles. The fraction of sp³-hybridized carbons (Fsp3) is 0.500. The first-order chi connectivity index (χ1) is 10.6. The minimum Gasteiger partial charge on any atom is -0.497 e. The number of nitrogens with one attached hydrogen (secondary N) is 1. The third-order valence-electron chi connectivity index (χ3n) is 3.99. The summed E-state index contributed by atoms with van der Waals surface area (Å²) in [6.45, 7) is 1.30. The largest absolute Gasteiger partial charge is 0.497 e. The average molecular weight is 307 g/mol. The van der Waals surface area contributed by atoms with Gasteiger partial charge in [0.2, 0.25) is 0 Å². The molecule has 1 saturated heterocycles. The van der Waals surface area contributed by atoms with Crippen LogP contribution in [0.5, 0.6) is 5.75 Å². The molecule has 1 aliphatic rings. The number of benzene rings is 1. The smallest absolute Gasteiger partial charge is 0.308 e. The topological polar surface area (TPSA) is 84.9 Å². The Balaban J connectivity index is 1.93. The number of carbonyl (C=O) groups excluding carboxylic acids is 1. The van der Waals surface area contributed by atoms with Crippen molar-refractivity contribution in [2.24, 2.45) is 11.8 Å². The van der Waals surface area contributed by atoms with E-state index in [2.05, 4.69) is 5.32 Å². The molecule has 1 heterocycles. The molecule has 1 fully saturated rings. The fourth-order valence-corrected chi connectivity index (χ4v) is 2.62. The van der Waals surface area contributed by atoms with Crippen LogP contribution in [0.25, 0.3) is 0 Å². The number of carboxylic acids is 1. The number of hydrogen-bond acceptors (Lipinski definition) is 4. The zero-order valence-electron chi connectivity index (χ0n) is 12.6. The van der Waals surface area contributed by atoms with Crippen molar-refractivity contribution < 1.29 is 24.2 Å². The highest BCUT2D eigenvalue weighted by Gasteiger charge is 2.30. The normalized spacial score (nSPS) is 16.8. The maximum atomic E-state index is 12.1. The number of hydrogen-bond donors (Lipinski definition) is 2. The third kappa shape index (κ3) is 4.21. The van der Waals surface area contributed by atoms with E-state index in [9.17, 15) is 14.7 Å². The third-order valence-corrected chi connectivity index (χ3v) is 3.99. The van der Waals surface area contributed by atoms with Gasteiger partial charge in [0.15, 0.2) is 0 Å². The average Bonchev–Trinajstić information content (AvgIpc) is 2.55. The summed E-state index contributed by atoms with van der Waals surface area (Å²) >= 11 is 0.